The number of amides is 1. The fraction of sp³-hybridized carbons (Fsp3) is 0.333. The summed E-state index contributed by atoms with van der Waals surface area (Å²) >= 11 is 0. The van der Waals surface area contributed by atoms with Crippen LogP contribution in [-0.4, -0.2) is 16.1 Å². The Morgan fingerprint density at radius 1 is 1.38 bits per heavy atom. The molecule has 2 rings (SSSR count). The smallest absolute Gasteiger partial charge is 0.269 e. The fourth-order valence-corrected chi connectivity index (χ4v) is 2.18. The zero-order chi connectivity index (χ0) is 15.6. The van der Waals surface area contributed by atoms with Gasteiger partial charge in [-0.1, -0.05) is 12.1 Å². The molecule has 6 nitrogen and oxygen atoms in total. The number of ether oxygens (including phenoxy) is 1. The van der Waals surface area contributed by atoms with Gasteiger partial charge in [0, 0.05) is 5.69 Å². The first-order valence-electron chi connectivity index (χ1n) is 6.73. The summed E-state index contributed by atoms with van der Waals surface area (Å²) in [5, 5.41) is 6.97. The Morgan fingerprint density at radius 3 is 2.76 bits per heavy atom. The summed E-state index contributed by atoms with van der Waals surface area (Å²) in [6, 6.07) is 5.99. The largest absolute Gasteiger partial charge is 0.484 e. The third kappa shape index (κ3) is 3.05. The van der Waals surface area contributed by atoms with E-state index in [2.05, 4.69) is 15.6 Å². The van der Waals surface area contributed by atoms with Crippen molar-refractivity contribution in [3.63, 3.8) is 0 Å². The molecule has 0 aliphatic carbocycles. The number of nitrogens with two attached hydrogens (primary N) is 1. The number of hydrogen-bond donors (Lipinski definition) is 3. The van der Waals surface area contributed by atoms with Crippen LogP contribution in [0.3, 0.4) is 0 Å². The molecule has 1 aromatic heterocycles. The number of nitrogen functional groups attached to an aromatic ring is 1. The molecule has 1 amide bonds. The normalized spacial score (nSPS) is 12.0. The van der Waals surface area contributed by atoms with Gasteiger partial charge in [0.15, 0.2) is 0 Å². The maximum Gasteiger partial charge on any atom is 0.269 e. The third-order valence-corrected chi connectivity index (χ3v) is 3.37. The van der Waals surface area contributed by atoms with E-state index in [4.69, 9.17) is 10.6 Å². The average molecular weight is 288 g/mol. The second-order valence-electron chi connectivity index (χ2n) is 5.11. The molecule has 0 saturated heterocycles. The minimum Gasteiger partial charge on any atom is -0.484 e. The van der Waals surface area contributed by atoms with Crippen LogP contribution in [0.2, 0.25) is 0 Å². The predicted octanol–water partition coefficient (Wildman–Crippen LogP) is 2.08. The van der Waals surface area contributed by atoms with Gasteiger partial charge in [0.2, 0.25) is 0 Å². The molecule has 0 aliphatic heterocycles. The molecule has 0 spiro atoms. The number of aromatic nitrogens is 2. The van der Waals surface area contributed by atoms with Crippen LogP contribution in [0.5, 0.6) is 5.75 Å². The van der Waals surface area contributed by atoms with E-state index in [1.165, 1.54) is 0 Å². The highest BCUT2D eigenvalue weighted by Gasteiger charge is 2.23. The highest BCUT2D eigenvalue weighted by molar-refractivity contribution is 5.96. The molecule has 4 N–H and O–H groups in total. The second kappa shape index (κ2) is 5.97. The molecule has 1 aromatic carbocycles. The third-order valence-electron chi connectivity index (χ3n) is 3.37. The van der Waals surface area contributed by atoms with Crippen molar-refractivity contribution in [2.45, 2.75) is 33.8 Å². The van der Waals surface area contributed by atoms with Gasteiger partial charge in [-0.05, 0) is 44.9 Å². The van der Waals surface area contributed by atoms with Crippen LogP contribution in [-0.2, 0) is 0 Å². The van der Waals surface area contributed by atoms with Crippen LogP contribution in [0, 0.1) is 20.8 Å². The molecule has 0 fully saturated rings. The van der Waals surface area contributed by atoms with Crippen LogP contribution in [0.25, 0.3) is 0 Å². The molecule has 0 saturated carbocycles. The summed E-state index contributed by atoms with van der Waals surface area (Å²) in [4.78, 5) is 11.8. The lowest BCUT2D eigenvalue weighted by Crippen LogP contribution is -2.31. The van der Waals surface area contributed by atoms with Crippen LogP contribution in [0.15, 0.2) is 18.2 Å². The Balaban J connectivity index is 2.31. The number of nitrogens with one attached hydrogen (secondary N) is 2. The van der Waals surface area contributed by atoms with Gasteiger partial charge < -0.3 is 4.74 Å². The van der Waals surface area contributed by atoms with Crippen molar-refractivity contribution >= 4 is 5.91 Å². The maximum atomic E-state index is 11.8. The number of H-pyrrole nitrogens is 1. The van der Waals surface area contributed by atoms with Gasteiger partial charge >= 0.3 is 0 Å². The van der Waals surface area contributed by atoms with Crippen molar-refractivity contribution < 1.29 is 9.53 Å². The van der Waals surface area contributed by atoms with Crippen molar-refractivity contribution in [2.24, 2.45) is 5.84 Å². The number of carbonyl (C=O) groups excluding carboxylic acids is 1. The van der Waals surface area contributed by atoms with Crippen molar-refractivity contribution in [3.05, 3.63) is 46.3 Å². The SMILES string of the molecule is Cc1ccc(C)c(OC(C)c2n[nH]c(C)c2C(=O)NN)c1. The molecule has 0 bridgehead atoms. The number of hydrazine groups is 1. The highest BCUT2D eigenvalue weighted by Crippen LogP contribution is 2.27. The van der Waals surface area contributed by atoms with Crippen molar-refractivity contribution in [2.75, 3.05) is 0 Å². The fourth-order valence-electron chi connectivity index (χ4n) is 2.18. The number of hydrogen-bond acceptors (Lipinski definition) is 4. The number of benzene rings is 1. The quantitative estimate of drug-likeness (QED) is 0.456. The van der Waals surface area contributed by atoms with Crippen LogP contribution in [0.1, 0.15) is 45.9 Å². The Hall–Kier alpha value is -2.34. The zero-order valence-corrected chi connectivity index (χ0v) is 12.7. The minimum absolute atomic E-state index is 0.372. The second-order valence-corrected chi connectivity index (χ2v) is 5.11. The summed E-state index contributed by atoms with van der Waals surface area (Å²) in [5.41, 5.74) is 5.90. The Labute approximate surface area is 123 Å². The average Bonchev–Trinajstić information content (AvgIpc) is 2.84. The molecular formula is C15H20N4O2. The molecule has 112 valence electrons. The van der Waals surface area contributed by atoms with Crippen molar-refractivity contribution in [1.29, 1.82) is 0 Å². The van der Waals surface area contributed by atoms with Gasteiger partial charge in [-0.25, -0.2) is 5.84 Å². The summed E-state index contributed by atoms with van der Waals surface area (Å²) in [6.07, 6.45) is -0.372. The van der Waals surface area contributed by atoms with E-state index in [9.17, 15) is 4.79 Å². The van der Waals surface area contributed by atoms with Gasteiger partial charge in [-0.3, -0.25) is 15.3 Å². The minimum atomic E-state index is -0.382. The van der Waals surface area contributed by atoms with E-state index in [1.54, 1.807) is 6.92 Å². The molecule has 1 atom stereocenters. The van der Waals surface area contributed by atoms with Gasteiger partial charge in [-0.2, -0.15) is 5.10 Å². The first-order chi connectivity index (χ1) is 9.93. The molecule has 2 aromatic rings. The first-order valence-corrected chi connectivity index (χ1v) is 6.73. The molecule has 0 aliphatic rings. The van der Waals surface area contributed by atoms with Crippen molar-refractivity contribution in [3.8, 4) is 5.75 Å². The summed E-state index contributed by atoms with van der Waals surface area (Å²) < 4.78 is 5.96. The van der Waals surface area contributed by atoms with Crippen LogP contribution in [0.4, 0.5) is 0 Å². The summed E-state index contributed by atoms with van der Waals surface area (Å²) in [7, 11) is 0. The van der Waals surface area contributed by atoms with E-state index >= 15 is 0 Å². The first kappa shape index (κ1) is 15.1. The Kier molecular flexibility index (Phi) is 4.28. The van der Waals surface area contributed by atoms with E-state index in [0.29, 0.717) is 17.0 Å². The van der Waals surface area contributed by atoms with Gasteiger partial charge in [0.25, 0.3) is 5.91 Å². The van der Waals surface area contributed by atoms with Crippen molar-refractivity contribution in [1.82, 2.24) is 15.6 Å². The Bertz CT molecular complexity index is 664. The number of carbonyl (C=O) groups is 1. The lowest BCUT2D eigenvalue weighted by molar-refractivity contribution is 0.0948. The number of rotatable bonds is 4. The number of nitrogens with zero attached hydrogens (tertiary/aromatic N) is 1. The molecule has 21 heavy (non-hydrogen) atoms. The predicted molar refractivity (Wildman–Crippen MR) is 79.9 cm³/mol. The summed E-state index contributed by atoms with van der Waals surface area (Å²) in [6.45, 7) is 7.60. The number of aromatic amines is 1. The highest BCUT2D eigenvalue weighted by atomic mass is 16.5. The lowest BCUT2D eigenvalue weighted by Gasteiger charge is -2.16. The van der Waals surface area contributed by atoms with Gasteiger partial charge in [0.1, 0.15) is 17.5 Å². The van der Waals surface area contributed by atoms with Gasteiger partial charge in [-0.15, -0.1) is 0 Å². The Morgan fingerprint density at radius 2 is 2.10 bits per heavy atom. The van der Waals surface area contributed by atoms with E-state index in [1.807, 2.05) is 39.0 Å². The molecule has 1 unspecified atom stereocenters. The van der Waals surface area contributed by atoms with Gasteiger partial charge in [0.05, 0.1) is 5.56 Å². The lowest BCUT2D eigenvalue weighted by atomic mass is 10.1. The van der Waals surface area contributed by atoms with Crippen LogP contribution >= 0.6 is 0 Å². The molecule has 1 heterocycles. The van der Waals surface area contributed by atoms with E-state index in [0.717, 1.165) is 16.9 Å². The summed E-state index contributed by atoms with van der Waals surface area (Å²) in [5.74, 6) is 5.61. The standard InChI is InChI=1S/C15H20N4O2/c1-8-5-6-9(2)12(7-8)21-11(4)14-13(15(20)17-16)10(3)18-19-14/h5-7,11H,16H2,1-4H3,(H,17,20)(H,18,19). The maximum absolute atomic E-state index is 11.8. The monoisotopic (exact) mass is 288 g/mol. The zero-order valence-electron chi connectivity index (χ0n) is 12.7. The molecule has 6 heteroatoms. The molecule has 0 radical (unpaired) electrons. The number of aryl methyl sites for hydroxylation is 3. The van der Waals surface area contributed by atoms with Crippen LogP contribution < -0.4 is 16.0 Å². The molecular weight excluding hydrogens is 268 g/mol. The van der Waals surface area contributed by atoms with E-state index in [-0.39, 0.29) is 12.0 Å². The topological polar surface area (TPSA) is 93.0 Å². The van der Waals surface area contributed by atoms with E-state index < -0.39 is 0 Å².